The van der Waals surface area contributed by atoms with Crippen molar-refractivity contribution in [3.8, 4) is 0 Å². The molecular formula is C21H27ClFN5O2S. The molecular weight excluding hydrogens is 441 g/mol. The third kappa shape index (κ3) is 5.98. The second kappa shape index (κ2) is 10.9. The standard InChI is InChI=1S/C21H27ClFN5O2S/c1-3-28-18(13-27-11-6-4-5-10-19(27)29)24-25-21(28)31-14-20(30)26(2)12-15-16(22)8-7-9-17(15)23/h7-9H,3-6,10-14H2,1-2H3. The lowest BCUT2D eigenvalue weighted by atomic mass is 10.2. The number of hydrogen-bond acceptors (Lipinski definition) is 5. The van der Waals surface area contributed by atoms with Crippen LogP contribution in [0.15, 0.2) is 23.4 Å². The first-order chi connectivity index (χ1) is 14.9. The van der Waals surface area contributed by atoms with Crippen molar-refractivity contribution < 1.29 is 14.0 Å². The predicted molar refractivity (Wildman–Crippen MR) is 118 cm³/mol. The molecule has 0 unspecified atom stereocenters. The molecule has 0 saturated carbocycles. The van der Waals surface area contributed by atoms with Crippen LogP contribution in [-0.2, 0) is 29.2 Å². The Labute approximate surface area is 190 Å². The highest BCUT2D eigenvalue weighted by molar-refractivity contribution is 7.99. The summed E-state index contributed by atoms with van der Waals surface area (Å²) in [7, 11) is 1.62. The van der Waals surface area contributed by atoms with Gasteiger partial charge in [-0.3, -0.25) is 9.59 Å². The molecule has 1 aliphatic rings. The number of rotatable bonds is 8. The monoisotopic (exact) mass is 467 g/mol. The number of hydrogen-bond donors (Lipinski definition) is 0. The van der Waals surface area contributed by atoms with Gasteiger partial charge in [0.2, 0.25) is 11.8 Å². The SMILES string of the molecule is CCn1c(CN2CCCCCC2=O)nnc1SCC(=O)N(C)Cc1c(F)cccc1Cl. The zero-order valence-corrected chi connectivity index (χ0v) is 19.4. The molecule has 10 heteroatoms. The third-order valence-corrected chi connectivity index (χ3v) is 6.63. The quantitative estimate of drug-likeness (QED) is 0.553. The van der Waals surface area contributed by atoms with Crippen molar-refractivity contribution in [2.45, 2.75) is 57.4 Å². The normalized spacial score (nSPS) is 14.6. The first-order valence-electron chi connectivity index (χ1n) is 10.4. The summed E-state index contributed by atoms with van der Waals surface area (Å²) in [4.78, 5) is 28.2. The molecule has 1 aromatic carbocycles. The maximum atomic E-state index is 14.0. The first-order valence-corrected chi connectivity index (χ1v) is 11.8. The Hall–Kier alpha value is -2.13. The van der Waals surface area contributed by atoms with Crippen molar-refractivity contribution in [1.82, 2.24) is 24.6 Å². The topological polar surface area (TPSA) is 71.3 Å². The second-order valence-electron chi connectivity index (χ2n) is 7.51. The van der Waals surface area contributed by atoms with Gasteiger partial charge < -0.3 is 14.4 Å². The smallest absolute Gasteiger partial charge is 0.233 e. The Balaban J connectivity index is 1.61. The Morgan fingerprint density at radius 1 is 1.29 bits per heavy atom. The van der Waals surface area contributed by atoms with E-state index in [1.807, 2.05) is 16.4 Å². The fourth-order valence-corrected chi connectivity index (χ4v) is 4.67. The van der Waals surface area contributed by atoms with Crippen LogP contribution in [0.2, 0.25) is 5.02 Å². The average Bonchev–Trinajstić information content (AvgIpc) is 3.02. The molecule has 1 aromatic heterocycles. The number of benzene rings is 1. The number of amides is 2. The van der Waals surface area contributed by atoms with E-state index in [0.29, 0.717) is 35.3 Å². The zero-order valence-electron chi connectivity index (χ0n) is 17.8. The minimum absolute atomic E-state index is 0.0910. The average molecular weight is 468 g/mol. The van der Waals surface area contributed by atoms with Gasteiger partial charge >= 0.3 is 0 Å². The van der Waals surface area contributed by atoms with E-state index in [1.165, 1.54) is 28.8 Å². The van der Waals surface area contributed by atoms with Gasteiger partial charge in [-0.05, 0) is 31.9 Å². The molecule has 0 atom stereocenters. The minimum atomic E-state index is -0.432. The lowest BCUT2D eigenvalue weighted by molar-refractivity contribution is -0.131. The molecule has 0 aliphatic carbocycles. The van der Waals surface area contributed by atoms with Gasteiger partial charge in [0, 0.05) is 43.7 Å². The summed E-state index contributed by atoms with van der Waals surface area (Å²) >= 11 is 7.34. The van der Waals surface area contributed by atoms with Crippen LogP contribution < -0.4 is 0 Å². The summed E-state index contributed by atoms with van der Waals surface area (Å²) in [5.74, 6) is 0.418. The van der Waals surface area contributed by atoms with Crippen molar-refractivity contribution in [2.75, 3.05) is 19.3 Å². The molecule has 3 rings (SSSR count). The van der Waals surface area contributed by atoms with E-state index < -0.39 is 5.82 Å². The maximum absolute atomic E-state index is 14.0. The van der Waals surface area contributed by atoms with Gasteiger partial charge in [0.1, 0.15) is 5.82 Å². The third-order valence-electron chi connectivity index (χ3n) is 5.32. The fraction of sp³-hybridized carbons (Fsp3) is 0.524. The molecule has 168 valence electrons. The van der Waals surface area contributed by atoms with E-state index in [9.17, 15) is 14.0 Å². The van der Waals surface area contributed by atoms with Gasteiger partial charge in [-0.2, -0.15) is 0 Å². The van der Waals surface area contributed by atoms with Crippen molar-refractivity contribution in [1.29, 1.82) is 0 Å². The number of nitrogens with zero attached hydrogens (tertiary/aromatic N) is 5. The summed E-state index contributed by atoms with van der Waals surface area (Å²) in [6.45, 7) is 3.88. The van der Waals surface area contributed by atoms with Gasteiger partial charge in [-0.1, -0.05) is 35.9 Å². The molecule has 2 amide bonds. The predicted octanol–water partition coefficient (Wildman–Crippen LogP) is 3.74. The van der Waals surface area contributed by atoms with E-state index in [4.69, 9.17) is 11.6 Å². The van der Waals surface area contributed by atoms with Crippen LogP contribution in [0.5, 0.6) is 0 Å². The van der Waals surface area contributed by atoms with Crippen LogP contribution in [0.4, 0.5) is 4.39 Å². The number of likely N-dealkylation sites (tertiary alicyclic amines) is 1. The van der Waals surface area contributed by atoms with Crippen LogP contribution in [0.25, 0.3) is 0 Å². The van der Waals surface area contributed by atoms with Crippen LogP contribution in [0.3, 0.4) is 0 Å². The first kappa shape index (κ1) is 23.5. The lowest BCUT2D eigenvalue weighted by Crippen LogP contribution is -2.31. The summed E-state index contributed by atoms with van der Waals surface area (Å²) in [5, 5.41) is 9.42. The van der Waals surface area contributed by atoms with Crippen molar-refractivity contribution in [2.24, 2.45) is 0 Å². The summed E-state index contributed by atoms with van der Waals surface area (Å²) in [6.07, 6.45) is 3.58. The molecule has 2 aromatic rings. The van der Waals surface area contributed by atoms with Crippen LogP contribution >= 0.6 is 23.4 Å². The number of carbonyl (C=O) groups excluding carboxylic acids is 2. The Bertz CT molecular complexity index is 918. The van der Waals surface area contributed by atoms with Gasteiger partial charge in [-0.25, -0.2) is 4.39 Å². The zero-order chi connectivity index (χ0) is 22.4. The molecule has 1 fully saturated rings. The molecule has 1 saturated heterocycles. The molecule has 1 aliphatic heterocycles. The molecule has 31 heavy (non-hydrogen) atoms. The minimum Gasteiger partial charge on any atom is -0.341 e. The second-order valence-corrected chi connectivity index (χ2v) is 8.86. The highest BCUT2D eigenvalue weighted by Crippen LogP contribution is 2.23. The Morgan fingerprint density at radius 3 is 2.84 bits per heavy atom. The van der Waals surface area contributed by atoms with E-state index in [1.54, 1.807) is 13.1 Å². The largest absolute Gasteiger partial charge is 0.341 e. The van der Waals surface area contributed by atoms with E-state index in [0.717, 1.165) is 31.6 Å². The number of aromatic nitrogens is 3. The maximum Gasteiger partial charge on any atom is 0.233 e. The lowest BCUT2D eigenvalue weighted by Gasteiger charge is -2.20. The van der Waals surface area contributed by atoms with Crippen LogP contribution in [-0.4, -0.2) is 55.7 Å². The summed E-state index contributed by atoms with van der Waals surface area (Å²) in [5.41, 5.74) is 0.297. The van der Waals surface area contributed by atoms with Gasteiger partial charge in [-0.15, -0.1) is 10.2 Å². The van der Waals surface area contributed by atoms with Crippen molar-refractivity contribution >= 4 is 35.2 Å². The van der Waals surface area contributed by atoms with Gasteiger partial charge in [0.05, 0.1) is 12.3 Å². The van der Waals surface area contributed by atoms with Crippen LogP contribution in [0.1, 0.15) is 44.0 Å². The van der Waals surface area contributed by atoms with Gasteiger partial charge in [0.25, 0.3) is 0 Å². The van der Waals surface area contributed by atoms with Crippen molar-refractivity contribution in [3.05, 3.63) is 40.4 Å². The summed E-state index contributed by atoms with van der Waals surface area (Å²) in [6, 6.07) is 4.47. The number of halogens is 2. The van der Waals surface area contributed by atoms with Gasteiger partial charge in [0.15, 0.2) is 11.0 Å². The molecule has 0 radical (unpaired) electrons. The van der Waals surface area contributed by atoms with Crippen LogP contribution in [0, 0.1) is 5.82 Å². The molecule has 0 spiro atoms. The highest BCUT2D eigenvalue weighted by atomic mass is 35.5. The molecule has 2 heterocycles. The van der Waals surface area contributed by atoms with E-state index in [-0.39, 0.29) is 24.1 Å². The van der Waals surface area contributed by atoms with Crippen molar-refractivity contribution in [3.63, 3.8) is 0 Å². The number of thioether (sulfide) groups is 1. The molecule has 7 nitrogen and oxygen atoms in total. The Kier molecular flexibility index (Phi) is 8.31. The Morgan fingerprint density at radius 2 is 2.10 bits per heavy atom. The molecule has 0 bridgehead atoms. The fourth-order valence-electron chi connectivity index (χ4n) is 3.48. The van der Waals surface area contributed by atoms with E-state index >= 15 is 0 Å². The van der Waals surface area contributed by atoms with E-state index in [2.05, 4.69) is 10.2 Å². The molecule has 0 N–H and O–H groups in total. The number of carbonyl (C=O) groups is 2. The highest BCUT2D eigenvalue weighted by Gasteiger charge is 2.21. The summed E-state index contributed by atoms with van der Waals surface area (Å²) < 4.78 is 15.9.